The molecule has 1 aliphatic rings. The third kappa shape index (κ3) is 2.21. The lowest BCUT2D eigenvalue weighted by atomic mass is 9.67. The Morgan fingerprint density at radius 2 is 2.24 bits per heavy atom. The van der Waals surface area contributed by atoms with Crippen molar-refractivity contribution < 1.29 is 0 Å². The number of nitrogens with one attached hydrogen (secondary N) is 1. The number of nitrogens with zero attached hydrogens (tertiary/aromatic N) is 1. The molecule has 1 aliphatic carbocycles. The Bertz CT molecular complexity index is 436. The highest BCUT2D eigenvalue weighted by Gasteiger charge is 2.34. The zero-order valence-corrected chi connectivity index (χ0v) is 10.3. The summed E-state index contributed by atoms with van der Waals surface area (Å²) in [5.74, 6) is 0. The van der Waals surface area contributed by atoms with Crippen LogP contribution in [0.2, 0.25) is 0 Å². The molecule has 1 saturated carbocycles. The summed E-state index contributed by atoms with van der Waals surface area (Å²) in [5.41, 5.74) is 8.41. The second kappa shape index (κ2) is 4.67. The molecule has 0 aromatic heterocycles. The summed E-state index contributed by atoms with van der Waals surface area (Å²) in [6, 6.07) is 7.67. The molecular formula is C14H19N3. The van der Waals surface area contributed by atoms with Gasteiger partial charge in [-0.2, -0.15) is 5.26 Å². The number of nitriles is 1. The summed E-state index contributed by atoms with van der Waals surface area (Å²) in [5, 5.41) is 12.3. The van der Waals surface area contributed by atoms with Gasteiger partial charge in [0.25, 0.3) is 0 Å². The van der Waals surface area contributed by atoms with Gasteiger partial charge in [0.05, 0.1) is 16.9 Å². The number of rotatable bonds is 4. The SMILES string of the molecule is CCC1(CNc2cccc(C#N)c2N)CCC1. The van der Waals surface area contributed by atoms with Gasteiger partial charge < -0.3 is 11.1 Å². The van der Waals surface area contributed by atoms with E-state index in [-0.39, 0.29) is 0 Å². The first-order valence-corrected chi connectivity index (χ1v) is 6.23. The maximum Gasteiger partial charge on any atom is 0.101 e. The standard InChI is InChI=1S/C14H19N3/c1-2-14(7-4-8-14)10-17-12-6-3-5-11(9-15)13(12)16/h3,5-6,17H,2,4,7-8,10,16H2,1H3. The first-order valence-electron chi connectivity index (χ1n) is 6.23. The molecule has 17 heavy (non-hydrogen) atoms. The molecule has 0 radical (unpaired) electrons. The van der Waals surface area contributed by atoms with Gasteiger partial charge >= 0.3 is 0 Å². The van der Waals surface area contributed by atoms with Crippen LogP contribution in [0.3, 0.4) is 0 Å². The molecule has 0 saturated heterocycles. The molecule has 0 bridgehead atoms. The fourth-order valence-corrected chi connectivity index (χ4v) is 2.43. The average Bonchev–Trinajstić information content (AvgIpc) is 2.30. The molecule has 0 amide bonds. The molecule has 3 N–H and O–H groups in total. The lowest BCUT2D eigenvalue weighted by Crippen LogP contribution is -2.36. The molecule has 0 aliphatic heterocycles. The first kappa shape index (κ1) is 11.8. The summed E-state index contributed by atoms with van der Waals surface area (Å²) in [4.78, 5) is 0. The van der Waals surface area contributed by atoms with Crippen molar-refractivity contribution in [2.24, 2.45) is 5.41 Å². The van der Waals surface area contributed by atoms with Crippen molar-refractivity contribution in [2.45, 2.75) is 32.6 Å². The van der Waals surface area contributed by atoms with Crippen LogP contribution in [0.25, 0.3) is 0 Å². The van der Waals surface area contributed by atoms with Gasteiger partial charge in [-0.15, -0.1) is 0 Å². The van der Waals surface area contributed by atoms with Gasteiger partial charge in [-0.25, -0.2) is 0 Å². The zero-order valence-electron chi connectivity index (χ0n) is 10.3. The van der Waals surface area contributed by atoms with Crippen molar-refractivity contribution in [3.63, 3.8) is 0 Å². The van der Waals surface area contributed by atoms with Crippen LogP contribution < -0.4 is 11.1 Å². The molecule has 90 valence electrons. The van der Waals surface area contributed by atoms with E-state index in [9.17, 15) is 0 Å². The normalized spacial score (nSPS) is 16.9. The molecule has 0 spiro atoms. The van der Waals surface area contributed by atoms with Gasteiger partial charge in [0.1, 0.15) is 6.07 Å². The van der Waals surface area contributed by atoms with Gasteiger partial charge in [-0.1, -0.05) is 19.4 Å². The van der Waals surface area contributed by atoms with Crippen LogP contribution >= 0.6 is 0 Å². The van der Waals surface area contributed by atoms with Gasteiger partial charge in [0, 0.05) is 6.54 Å². The van der Waals surface area contributed by atoms with E-state index in [2.05, 4.69) is 18.3 Å². The minimum Gasteiger partial charge on any atom is -0.396 e. The monoisotopic (exact) mass is 229 g/mol. The Balaban J connectivity index is 2.07. The third-order valence-corrected chi connectivity index (χ3v) is 4.04. The molecule has 0 unspecified atom stereocenters. The van der Waals surface area contributed by atoms with E-state index in [1.165, 1.54) is 25.7 Å². The van der Waals surface area contributed by atoms with Crippen LogP contribution in [-0.2, 0) is 0 Å². The van der Waals surface area contributed by atoms with E-state index in [1.807, 2.05) is 12.1 Å². The summed E-state index contributed by atoms with van der Waals surface area (Å²) < 4.78 is 0. The molecule has 3 heteroatoms. The van der Waals surface area contributed by atoms with Crippen LogP contribution in [0.1, 0.15) is 38.2 Å². The highest BCUT2D eigenvalue weighted by Crippen LogP contribution is 2.44. The van der Waals surface area contributed by atoms with Gasteiger partial charge in [0.15, 0.2) is 0 Å². The molecule has 0 atom stereocenters. The number of para-hydroxylation sites is 1. The second-order valence-corrected chi connectivity index (χ2v) is 4.94. The minimum absolute atomic E-state index is 0.453. The quantitative estimate of drug-likeness (QED) is 0.780. The van der Waals surface area contributed by atoms with E-state index in [4.69, 9.17) is 11.0 Å². The van der Waals surface area contributed by atoms with Crippen molar-refractivity contribution >= 4 is 11.4 Å². The first-order chi connectivity index (χ1) is 8.21. The zero-order chi connectivity index (χ0) is 12.3. The van der Waals surface area contributed by atoms with Gasteiger partial charge in [0.2, 0.25) is 0 Å². The smallest absolute Gasteiger partial charge is 0.101 e. The van der Waals surface area contributed by atoms with E-state index >= 15 is 0 Å². The highest BCUT2D eigenvalue weighted by molar-refractivity contribution is 5.72. The summed E-state index contributed by atoms with van der Waals surface area (Å²) in [6.07, 6.45) is 5.14. The van der Waals surface area contributed by atoms with Gasteiger partial charge in [-0.3, -0.25) is 0 Å². The average molecular weight is 229 g/mol. The lowest BCUT2D eigenvalue weighted by molar-refractivity contribution is 0.145. The molecule has 1 aromatic rings. The van der Waals surface area contributed by atoms with E-state index in [1.54, 1.807) is 6.07 Å². The number of hydrogen-bond acceptors (Lipinski definition) is 3. The maximum atomic E-state index is 8.92. The number of anilines is 2. The molecule has 3 nitrogen and oxygen atoms in total. The third-order valence-electron chi connectivity index (χ3n) is 4.04. The predicted molar refractivity (Wildman–Crippen MR) is 70.6 cm³/mol. The van der Waals surface area contributed by atoms with Crippen molar-refractivity contribution in [1.29, 1.82) is 5.26 Å². The Kier molecular flexibility index (Phi) is 3.23. The van der Waals surface area contributed by atoms with Crippen LogP contribution in [-0.4, -0.2) is 6.54 Å². The van der Waals surface area contributed by atoms with E-state index in [0.717, 1.165) is 12.2 Å². The topological polar surface area (TPSA) is 61.8 Å². The lowest BCUT2D eigenvalue weighted by Gasteiger charge is -2.41. The second-order valence-electron chi connectivity index (χ2n) is 4.94. The van der Waals surface area contributed by atoms with Crippen LogP contribution in [0.4, 0.5) is 11.4 Å². The number of hydrogen-bond donors (Lipinski definition) is 2. The molecule has 1 fully saturated rings. The highest BCUT2D eigenvalue weighted by atomic mass is 14.9. The van der Waals surface area contributed by atoms with Crippen molar-refractivity contribution in [2.75, 3.05) is 17.6 Å². The molecule has 0 heterocycles. The number of benzene rings is 1. The van der Waals surface area contributed by atoms with Crippen molar-refractivity contribution in [1.82, 2.24) is 0 Å². The summed E-state index contributed by atoms with van der Waals surface area (Å²) >= 11 is 0. The van der Waals surface area contributed by atoms with Crippen LogP contribution in [0, 0.1) is 16.7 Å². The Morgan fingerprint density at radius 1 is 1.47 bits per heavy atom. The Morgan fingerprint density at radius 3 is 2.76 bits per heavy atom. The van der Waals surface area contributed by atoms with Crippen LogP contribution in [0.5, 0.6) is 0 Å². The fourth-order valence-electron chi connectivity index (χ4n) is 2.43. The molecular weight excluding hydrogens is 210 g/mol. The van der Waals surface area contributed by atoms with Gasteiger partial charge in [-0.05, 0) is 36.8 Å². The molecule has 2 rings (SSSR count). The van der Waals surface area contributed by atoms with Crippen molar-refractivity contribution in [3.05, 3.63) is 23.8 Å². The Labute approximate surface area is 103 Å². The van der Waals surface area contributed by atoms with Crippen LogP contribution in [0.15, 0.2) is 18.2 Å². The predicted octanol–water partition coefficient (Wildman–Crippen LogP) is 3.13. The molecule has 1 aromatic carbocycles. The minimum atomic E-state index is 0.453. The fraction of sp³-hybridized carbons (Fsp3) is 0.500. The largest absolute Gasteiger partial charge is 0.396 e. The number of nitrogens with two attached hydrogens (primary N) is 1. The summed E-state index contributed by atoms with van der Waals surface area (Å²) in [6.45, 7) is 3.21. The van der Waals surface area contributed by atoms with Crippen molar-refractivity contribution in [3.8, 4) is 6.07 Å². The maximum absolute atomic E-state index is 8.92. The van der Waals surface area contributed by atoms with E-state index < -0.39 is 0 Å². The Hall–Kier alpha value is -1.69. The number of nitrogen functional groups attached to an aromatic ring is 1. The van der Waals surface area contributed by atoms with E-state index in [0.29, 0.717) is 16.7 Å². The summed E-state index contributed by atoms with van der Waals surface area (Å²) in [7, 11) is 0.